The summed E-state index contributed by atoms with van der Waals surface area (Å²) in [5, 5.41) is 3.68. The third-order valence-corrected chi connectivity index (χ3v) is 2.33. The molecule has 0 amide bonds. The summed E-state index contributed by atoms with van der Waals surface area (Å²) in [7, 11) is 1.86. The maximum absolute atomic E-state index is 5.78. The van der Waals surface area contributed by atoms with Gasteiger partial charge in [-0.05, 0) is 31.3 Å². The topological polar surface area (TPSA) is 47.0 Å². The first-order valence-corrected chi connectivity index (χ1v) is 5.54. The van der Waals surface area contributed by atoms with Crippen LogP contribution in [0.25, 0.3) is 0 Å². The van der Waals surface area contributed by atoms with E-state index in [1.165, 1.54) is 0 Å². The minimum atomic E-state index is 0.465. The van der Waals surface area contributed by atoms with E-state index in [9.17, 15) is 0 Å². The smallest absolute Gasteiger partial charge is 0.237 e. The maximum atomic E-state index is 5.78. The fourth-order valence-corrected chi connectivity index (χ4v) is 1.42. The fraction of sp³-hybridized carbons (Fsp3) is 0.167. The zero-order valence-electron chi connectivity index (χ0n) is 9.35. The molecule has 2 aromatic rings. The standard InChI is InChI=1S/C12H12ClN3O/c1-14-6-10-7-16-12(8-15-10)17-11-4-2-9(13)3-5-11/h2-5,7-8,14H,6H2,1H3. The summed E-state index contributed by atoms with van der Waals surface area (Å²) in [5.41, 5.74) is 0.871. The average Bonchev–Trinajstić information content (AvgIpc) is 2.35. The quantitative estimate of drug-likeness (QED) is 0.905. The van der Waals surface area contributed by atoms with E-state index in [4.69, 9.17) is 16.3 Å². The molecule has 0 aliphatic rings. The highest BCUT2D eigenvalue weighted by Gasteiger charge is 2.00. The lowest BCUT2D eigenvalue weighted by Gasteiger charge is -2.04. The molecule has 4 nitrogen and oxygen atoms in total. The van der Waals surface area contributed by atoms with E-state index in [1.54, 1.807) is 36.7 Å². The van der Waals surface area contributed by atoms with Crippen molar-refractivity contribution in [1.29, 1.82) is 0 Å². The number of aromatic nitrogens is 2. The molecule has 0 saturated heterocycles. The van der Waals surface area contributed by atoms with Gasteiger partial charge in [0, 0.05) is 11.6 Å². The molecule has 1 N–H and O–H groups in total. The van der Waals surface area contributed by atoms with Crippen LogP contribution in [0.15, 0.2) is 36.7 Å². The highest BCUT2D eigenvalue weighted by atomic mass is 35.5. The highest BCUT2D eigenvalue weighted by molar-refractivity contribution is 6.30. The second-order valence-electron chi connectivity index (χ2n) is 3.43. The molecule has 0 aliphatic heterocycles. The molecule has 0 unspecified atom stereocenters. The van der Waals surface area contributed by atoms with Gasteiger partial charge < -0.3 is 10.1 Å². The summed E-state index contributed by atoms with van der Waals surface area (Å²) in [6, 6.07) is 7.09. The summed E-state index contributed by atoms with van der Waals surface area (Å²) in [6.45, 7) is 0.689. The van der Waals surface area contributed by atoms with Gasteiger partial charge in [0.1, 0.15) is 5.75 Å². The zero-order valence-corrected chi connectivity index (χ0v) is 10.1. The Morgan fingerprint density at radius 3 is 2.53 bits per heavy atom. The van der Waals surface area contributed by atoms with Crippen LogP contribution in [0.4, 0.5) is 0 Å². The number of hydrogen-bond donors (Lipinski definition) is 1. The highest BCUT2D eigenvalue weighted by Crippen LogP contribution is 2.20. The van der Waals surface area contributed by atoms with Gasteiger partial charge in [0.2, 0.25) is 5.88 Å². The number of rotatable bonds is 4. The van der Waals surface area contributed by atoms with E-state index in [2.05, 4.69) is 15.3 Å². The summed E-state index contributed by atoms with van der Waals surface area (Å²) in [6.07, 6.45) is 3.28. The molecule has 0 bridgehead atoms. The van der Waals surface area contributed by atoms with E-state index in [0.29, 0.717) is 23.2 Å². The van der Waals surface area contributed by atoms with Crippen LogP contribution in [0.5, 0.6) is 11.6 Å². The maximum Gasteiger partial charge on any atom is 0.237 e. The minimum Gasteiger partial charge on any atom is -0.438 e. The lowest BCUT2D eigenvalue weighted by Crippen LogP contribution is -2.07. The second-order valence-corrected chi connectivity index (χ2v) is 3.87. The van der Waals surface area contributed by atoms with E-state index in [0.717, 1.165) is 5.69 Å². The Kier molecular flexibility index (Phi) is 3.90. The molecule has 88 valence electrons. The number of hydrogen-bond acceptors (Lipinski definition) is 4. The van der Waals surface area contributed by atoms with Crippen LogP contribution >= 0.6 is 11.6 Å². The van der Waals surface area contributed by atoms with Crippen molar-refractivity contribution >= 4 is 11.6 Å². The van der Waals surface area contributed by atoms with Crippen molar-refractivity contribution in [1.82, 2.24) is 15.3 Å². The molecule has 2 rings (SSSR count). The Morgan fingerprint density at radius 2 is 1.94 bits per heavy atom. The third-order valence-electron chi connectivity index (χ3n) is 2.08. The summed E-state index contributed by atoms with van der Waals surface area (Å²) in [5.74, 6) is 1.15. The fourth-order valence-electron chi connectivity index (χ4n) is 1.29. The van der Waals surface area contributed by atoms with Crippen LogP contribution < -0.4 is 10.1 Å². The van der Waals surface area contributed by atoms with Crippen molar-refractivity contribution < 1.29 is 4.74 Å². The average molecular weight is 250 g/mol. The molecular formula is C12H12ClN3O. The van der Waals surface area contributed by atoms with Gasteiger partial charge in [0.05, 0.1) is 18.1 Å². The zero-order chi connectivity index (χ0) is 12.1. The van der Waals surface area contributed by atoms with Gasteiger partial charge in [-0.25, -0.2) is 4.98 Å². The molecule has 0 saturated carbocycles. The lowest BCUT2D eigenvalue weighted by molar-refractivity contribution is 0.459. The molecule has 1 heterocycles. The van der Waals surface area contributed by atoms with Crippen molar-refractivity contribution in [2.75, 3.05) is 7.05 Å². The van der Waals surface area contributed by atoms with Crippen LogP contribution in [0.3, 0.4) is 0 Å². The molecule has 1 aromatic carbocycles. The first kappa shape index (κ1) is 11.8. The summed E-state index contributed by atoms with van der Waals surface area (Å²) < 4.78 is 5.51. The number of ether oxygens (including phenoxy) is 1. The molecule has 1 aromatic heterocycles. The molecule has 0 radical (unpaired) electrons. The van der Waals surface area contributed by atoms with Crippen LogP contribution in [-0.2, 0) is 6.54 Å². The van der Waals surface area contributed by atoms with Crippen LogP contribution in [0.1, 0.15) is 5.69 Å². The van der Waals surface area contributed by atoms with Gasteiger partial charge >= 0.3 is 0 Å². The van der Waals surface area contributed by atoms with Gasteiger partial charge in [-0.2, -0.15) is 0 Å². The van der Waals surface area contributed by atoms with Gasteiger partial charge in [-0.3, -0.25) is 4.98 Å². The van der Waals surface area contributed by atoms with Gasteiger partial charge in [-0.15, -0.1) is 0 Å². The van der Waals surface area contributed by atoms with Crippen molar-refractivity contribution in [3.8, 4) is 11.6 Å². The van der Waals surface area contributed by atoms with Crippen LogP contribution in [0, 0.1) is 0 Å². The van der Waals surface area contributed by atoms with Crippen molar-refractivity contribution in [2.24, 2.45) is 0 Å². The first-order chi connectivity index (χ1) is 8.28. The van der Waals surface area contributed by atoms with Gasteiger partial charge in [0.25, 0.3) is 0 Å². The Bertz CT molecular complexity index is 470. The van der Waals surface area contributed by atoms with E-state index >= 15 is 0 Å². The molecule has 0 aliphatic carbocycles. The van der Waals surface area contributed by atoms with E-state index in [-0.39, 0.29) is 0 Å². The number of nitrogens with zero attached hydrogens (tertiary/aromatic N) is 2. The Labute approximate surface area is 105 Å². The monoisotopic (exact) mass is 249 g/mol. The molecule has 17 heavy (non-hydrogen) atoms. The SMILES string of the molecule is CNCc1cnc(Oc2ccc(Cl)cc2)cn1. The number of benzene rings is 1. The van der Waals surface area contributed by atoms with Crippen molar-refractivity contribution in [3.63, 3.8) is 0 Å². The van der Waals surface area contributed by atoms with Crippen LogP contribution in [0.2, 0.25) is 5.02 Å². The molecule has 0 fully saturated rings. The Morgan fingerprint density at radius 1 is 1.18 bits per heavy atom. The molecule has 0 spiro atoms. The Hall–Kier alpha value is -1.65. The predicted octanol–water partition coefficient (Wildman–Crippen LogP) is 2.64. The Balaban J connectivity index is 2.05. The number of halogens is 1. The van der Waals surface area contributed by atoms with Gasteiger partial charge in [-0.1, -0.05) is 11.6 Å². The van der Waals surface area contributed by atoms with Crippen molar-refractivity contribution in [3.05, 3.63) is 47.4 Å². The first-order valence-electron chi connectivity index (χ1n) is 5.17. The van der Waals surface area contributed by atoms with Crippen LogP contribution in [-0.4, -0.2) is 17.0 Å². The van der Waals surface area contributed by atoms with Crippen molar-refractivity contribution in [2.45, 2.75) is 6.54 Å². The largest absolute Gasteiger partial charge is 0.438 e. The second kappa shape index (κ2) is 5.61. The minimum absolute atomic E-state index is 0.465. The molecular weight excluding hydrogens is 238 g/mol. The van der Waals surface area contributed by atoms with Gasteiger partial charge in [0.15, 0.2) is 0 Å². The van der Waals surface area contributed by atoms with E-state index in [1.807, 2.05) is 7.05 Å². The summed E-state index contributed by atoms with van der Waals surface area (Å²) >= 11 is 5.78. The number of nitrogens with one attached hydrogen (secondary N) is 1. The normalized spacial score (nSPS) is 10.2. The van der Waals surface area contributed by atoms with E-state index < -0.39 is 0 Å². The molecule has 0 atom stereocenters. The predicted molar refractivity (Wildman–Crippen MR) is 66.3 cm³/mol. The summed E-state index contributed by atoms with van der Waals surface area (Å²) in [4.78, 5) is 8.36. The third kappa shape index (κ3) is 3.41. The lowest BCUT2D eigenvalue weighted by atomic mass is 10.3. The molecule has 5 heteroatoms.